The molecule has 1 aliphatic heterocycles. The molecule has 2 aromatic carbocycles. The van der Waals surface area contributed by atoms with Crippen molar-refractivity contribution in [3.8, 4) is 0 Å². The van der Waals surface area contributed by atoms with Crippen LogP contribution in [0.1, 0.15) is 17.5 Å². The van der Waals surface area contributed by atoms with Gasteiger partial charge in [-0.05, 0) is 54.5 Å². The third-order valence-electron chi connectivity index (χ3n) is 3.46. The topological polar surface area (TPSA) is 27.6 Å². The van der Waals surface area contributed by atoms with E-state index in [1.165, 1.54) is 5.56 Å². The van der Waals surface area contributed by atoms with Gasteiger partial charge in [-0.25, -0.2) is 5.01 Å². The number of hydrogen-bond donors (Lipinski definition) is 1. The number of anilines is 1. The summed E-state index contributed by atoms with van der Waals surface area (Å²) in [5, 5.41) is 10.4. The summed E-state index contributed by atoms with van der Waals surface area (Å²) < 4.78 is 1.06. The van der Waals surface area contributed by atoms with Gasteiger partial charge in [0.1, 0.15) is 0 Å². The van der Waals surface area contributed by atoms with Crippen molar-refractivity contribution in [3.05, 3.63) is 64.1 Å². The minimum atomic E-state index is 0.635. The molecule has 2 aromatic rings. The Labute approximate surface area is 144 Å². The van der Waals surface area contributed by atoms with Gasteiger partial charge in [-0.1, -0.05) is 40.2 Å². The molecule has 112 valence electrons. The summed E-state index contributed by atoms with van der Waals surface area (Å²) in [6.07, 6.45) is 0.895. The Balaban J connectivity index is 1.72. The van der Waals surface area contributed by atoms with Crippen molar-refractivity contribution in [1.82, 2.24) is 5.01 Å². The van der Waals surface area contributed by atoms with Gasteiger partial charge < -0.3 is 5.32 Å². The molecule has 0 radical (unpaired) electrons. The molecule has 0 atom stereocenters. The summed E-state index contributed by atoms with van der Waals surface area (Å²) in [7, 11) is 0. The van der Waals surface area contributed by atoms with Crippen molar-refractivity contribution in [3.63, 3.8) is 0 Å². The molecular weight excluding hydrogens is 358 g/mol. The largest absolute Gasteiger partial charge is 0.331 e. The summed E-state index contributed by atoms with van der Waals surface area (Å²) in [4.78, 5) is 0. The molecule has 0 aliphatic carbocycles. The molecule has 3 rings (SSSR count). The van der Waals surface area contributed by atoms with Gasteiger partial charge in [-0.3, -0.25) is 0 Å². The minimum absolute atomic E-state index is 0.635. The van der Waals surface area contributed by atoms with Crippen LogP contribution in [-0.4, -0.2) is 22.4 Å². The van der Waals surface area contributed by atoms with Crippen LogP contribution < -0.4 is 5.32 Å². The molecule has 3 nitrogen and oxygen atoms in total. The van der Waals surface area contributed by atoms with Gasteiger partial charge in [0.25, 0.3) is 0 Å². The standard InChI is InChI=1S/C17H16BrN3S/c1-12-4-2-7-15(10-12)19-17(22)21-9-8-16(20-21)13-5-3-6-14(18)11-13/h2-7,10-11H,8-9H2,1H3,(H,19,22). The van der Waals surface area contributed by atoms with E-state index in [2.05, 4.69) is 57.5 Å². The fourth-order valence-electron chi connectivity index (χ4n) is 2.39. The van der Waals surface area contributed by atoms with Crippen LogP contribution in [0.15, 0.2) is 58.1 Å². The quantitative estimate of drug-likeness (QED) is 0.781. The number of benzene rings is 2. The lowest BCUT2D eigenvalue weighted by molar-refractivity contribution is 0.499. The van der Waals surface area contributed by atoms with E-state index < -0.39 is 0 Å². The number of nitrogens with zero attached hydrogens (tertiary/aromatic N) is 2. The van der Waals surface area contributed by atoms with Crippen LogP contribution in [0.3, 0.4) is 0 Å². The highest BCUT2D eigenvalue weighted by Crippen LogP contribution is 2.19. The smallest absolute Gasteiger partial charge is 0.194 e. The fourth-order valence-corrected chi connectivity index (χ4v) is 3.03. The van der Waals surface area contributed by atoms with Crippen LogP contribution in [0.25, 0.3) is 0 Å². The first-order chi connectivity index (χ1) is 10.6. The van der Waals surface area contributed by atoms with E-state index in [0.29, 0.717) is 5.11 Å². The van der Waals surface area contributed by atoms with Crippen molar-refractivity contribution >= 4 is 44.7 Å². The molecule has 0 saturated heterocycles. The summed E-state index contributed by atoms with van der Waals surface area (Å²) in [6.45, 7) is 2.87. The number of halogens is 1. The second-order valence-corrected chi connectivity index (χ2v) is 6.53. The van der Waals surface area contributed by atoms with Crippen molar-refractivity contribution in [2.75, 3.05) is 11.9 Å². The van der Waals surface area contributed by atoms with Gasteiger partial charge in [0.2, 0.25) is 0 Å². The molecule has 1 aliphatic rings. The van der Waals surface area contributed by atoms with Crippen molar-refractivity contribution in [2.45, 2.75) is 13.3 Å². The predicted molar refractivity (Wildman–Crippen MR) is 99.4 cm³/mol. The van der Waals surface area contributed by atoms with Gasteiger partial charge in [0.05, 0.1) is 5.71 Å². The summed E-state index contributed by atoms with van der Waals surface area (Å²) in [5.41, 5.74) is 4.40. The lowest BCUT2D eigenvalue weighted by atomic mass is 10.1. The Morgan fingerprint density at radius 3 is 2.82 bits per heavy atom. The predicted octanol–water partition coefficient (Wildman–Crippen LogP) is 4.56. The summed E-state index contributed by atoms with van der Waals surface area (Å²) >= 11 is 8.96. The minimum Gasteiger partial charge on any atom is -0.331 e. The molecule has 0 saturated carbocycles. The fraction of sp³-hybridized carbons (Fsp3) is 0.176. The first-order valence-electron chi connectivity index (χ1n) is 7.10. The number of thiocarbonyl (C=S) groups is 1. The summed E-state index contributed by atoms with van der Waals surface area (Å²) in [5.74, 6) is 0. The van der Waals surface area contributed by atoms with Gasteiger partial charge in [-0.15, -0.1) is 0 Å². The van der Waals surface area contributed by atoms with E-state index in [1.54, 1.807) is 0 Å². The zero-order chi connectivity index (χ0) is 15.5. The Bertz CT molecular complexity index is 742. The molecule has 22 heavy (non-hydrogen) atoms. The van der Waals surface area contributed by atoms with Gasteiger partial charge in [0, 0.05) is 23.1 Å². The zero-order valence-corrected chi connectivity index (χ0v) is 14.6. The maximum absolute atomic E-state index is 5.47. The maximum atomic E-state index is 5.47. The SMILES string of the molecule is Cc1cccc(NC(=S)N2CCC(c3cccc(Br)c3)=N2)c1. The van der Waals surface area contributed by atoms with Crippen LogP contribution in [0, 0.1) is 6.92 Å². The Morgan fingerprint density at radius 1 is 1.23 bits per heavy atom. The number of nitrogens with one attached hydrogen (secondary N) is 1. The van der Waals surface area contributed by atoms with Crippen LogP contribution >= 0.6 is 28.1 Å². The Kier molecular flexibility index (Phi) is 4.55. The molecule has 0 aromatic heterocycles. The molecule has 1 heterocycles. The first kappa shape index (κ1) is 15.2. The number of hydrazone groups is 1. The van der Waals surface area contributed by atoms with Gasteiger partial charge in [0.15, 0.2) is 5.11 Å². The number of hydrogen-bond acceptors (Lipinski definition) is 2. The third kappa shape index (κ3) is 3.54. The van der Waals surface area contributed by atoms with Crippen LogP contribution in [0.2, 0.25) is 0 Å². The van der Waals surface area contributed by atoms with E-state index in [4.69, 9.17) is 12.2 Å². The molecule has 0 amide bonds. The monoisotopic (exact) mass is 373 g/mol. The molecule has 0 bridgehead atoms. The Hall–Kier alpha value is -1.72. The third-order valence-corrected chi connectivity index (χ3v) is 4.27. The Morgan fingerprint density at radius 2 is 2.05 bits per heavy atom. The number of rotatable bonds is 2. The highest BCUT2D eigenvalue weighted by atomic mass is 79.9. The first-order valence-corrected chi connectivity index (χ1v) is 8.30. The van der Waals surface area contributed by atoms with Crippen LogP contribution in [-0.2, 0) is 0 Å². The van der Waals surface area contributed by atoms with E-state index in [1.807, 2.05) is 29.3 Å². The van der Waals surface area contributed by atoms with Gasteiger partial charge in [-0.2, -0.15) is 5.10 Å². The van der Waals surface area contributed by atoms with Crippen molar-refractivity contribution in [1.29, 1.82) is 0 Å². The lowest BCUT2D eigenvalue weighted by Gasteiger charge is -2.16. The maximum Gasteiger partial charge on any atom is 0.194 e. The molecule has 0 unspecified atom stereocenters. The van der Waals surface area contributed by atoms with Crippen LogP contribution in [0.5, 0.6) is 0 Å². The van der Waals surface area contributed by atoms with E-state index >= 15 is 0 Å². The van der Waals surface area contributed by atoms with E-state index in [0.717, 1.165) is 34.4 Å². The average Bonchev–Trinajstić information content (AvgIpc) is 2.97. The molecule has 1 N–H and O–H groups in total. The van der Waals surface area contributed by atoms with E-state index in [-0.39, 0.29) is 0 Å². The second kappa shape index (κ2) is 6.58. The molecule has 5 heteroatoms. The van der Waals surface area contributed by atoms with Crippen molar-refractivity contribution < 1.29 is 0 Å². The average molecular weight is 374 g/mol. The highest BCUT2D eigenvalue weighted by Gasteiger charge is 2.19. The molecule has 0 spiro atoms. The van der Waals surface area contributed by atoms with Crippen molar-refractivity contribution in [2.24, 2.45) is 5.10 Å². The van der Waals surface area contributed by atoms with Gasteiger partial charge >= 0.3 is 0 Å². The van der Waals surface area contributed by atoms with E-state index in [9.17, 15) is 0 Å². The van der Waals surface area contributed by atoms with Crippen LogP contribution in [0.4, 0.5) is 5.69 Å². The highest BCUT2D eigenvalue weighted by molar-refractivity contribution is 9.10. The zero-order valence-electron chi connectivity index (χ0n) is 12.2. The normalized spacial score (nSPS) is 13.9. The molecule has 0 fully saturated rings. The second-order valence-electron chi connectivity index (χ2n) is 5.23. The lowest BCUT2D eigenvalue weighted by Crippen LogP contribution is -2.28. The summed E-state index contributed by atoms with van der Waals surface area (Å²) in [6, 6.07) is 16.3. The number of aryl methyl sites for hydroxylation is 1. The molecular formula is C17H16BrN3S.